The van der Waals surface area contributed by atoms with Gasteiger partial charge in [0.1, 0.15) is 0 Å². The molecule has 1 saturated carbocycles. The first-order chi connectivity index (χ1) is 8.83. The van der Waals surface area contributed by atoms with Crippen LogP contribution in [0.5, 0.6) is 0 Å². The van der Waals surface area contributed by atoms with Gasteiger partial charge in [0.25, 0.3) is 0 Å². The van der Waals surface area contributed by atoms with Crippen molar-refractivity contribution in [2.75, 3.05) is 0 Å². The molecule has 2 rings (SSSR count). The van der Waals surface area contributed by atoms with Crippen molar-refractivity contribution in [1.82, 2.24) is 0 Å². The van der Waals surface area contributed by atoms with Gasteiger partial charge in [0.15, 0.2) is 0 Å². The monoisotopic (exact) mass is 288 g/mol. The second-order valence-electron chi connectivity index (χ2n) is 5.22. The number of carbonyl (C=O) groups is 1. The van der Waals surface area contributed by atoms with Crippen LogP contribution in [0.4, 0.5) is 8.78 Å². The molecule has 0 aromatic heterocycles. The predicted molar refractivity (Wildman–Crippen MR) is 68.8 cm³/mol. The van der Waals surface area contributed by atoms with Gasteiger partial charge in [0.2, 0.25) is 5.92 Å². The van der Waals surface area contributed by atoms with Gasteiger partial charge in [-0.25, -0.2) is 8.78 Å². The first-order valence-corrected chi connectivity index (χ1v) is 6.57. The van der Waals surface area contributed by atoms with Gasteiger partial charge in [-0.2, -0.15) is 0 Å². The summed E-state index contributed by atoms with van der Waals surface area (Å²) in [6.07, 6.45) is -0.331. The highest BCUT2D eigenvalue weighted by Crippen LogP contribution is 2.47. The van der Waals surface area contributed by atoms with Crippen molar-refractivity contribution in [3.63, 3.8) is 0 Å². The number of benzene rings is 1. The van der Waals surface area contributed by atoms with Gasteiger partial charge in [-0.05, 0) is 30.5 Å². The first-order valence-electron chi connectivity index (χ1n) is 6.19. The minimum absolute atomic E-state index is 0.135. The fourth-order valence-electron chi connectivity index (χ4n) is 2.77. The summed E-state index contributed by atoms with van der Waals surface area (Å²) in [6.45, 7) is 0. The van der Waals surface area contributed by atoms with Crippen LogP contribution in [0.3, 0.4) is 0 Å². The molecule has 1 fully saturated rings. The average molecular weight is 289 g/mol. The average Bonchev–Trinajstić information content (AvgIpc) is 2.32. The summed E-state index contributed by atoms with van der Waals surface area (Å²) < 4.78 is 26.6. The highest BCUT2D eigenvalue weighted by molar-refractivity contribution is 6.30. The molecule has 1 aromatic carbocycles. The molecule has 0 unspecified atom stereocenters. The van der Waals surface area contributed by atoms with Crippen molar-refractivity contribution in [3.8, 4) is 0 Å². The van der Waals surface area contributed by atoms with Crippen molar-refractivity contribution in [2.45, 2.75) is 43.4 Å². The van der Waals surface area contributed by atoms with E-state index in [-0.39, 0.29) is 32.1 Å². The Labute approximate surface area is 115 Å². The van der Waals surface area contributed by atoms with Crippen molar-refractivity contribution in [1.29, 1.82) is 0 Å². The normalized spacial score (nSPS) is 21.0. The van der Waals surface area contributed by atoms with Crippen LogP contribution in [0.15, 0.2) is 24.3 Å². The minimum Gasteiger partial charge on any atom is -0.481 e. The Morgan fingerprint density at radius 3 is 2.42 bits per heavy atom. The number of hydrogen-bond donors (Lipinski definition) is 1. The zero-order chi connectivity index (χ0) is 14.1. The van der Waals surface area contributed by atoms with Crippen LogP contribution < -0.4 is 0 Å². The molecule has 2 nitrogen and oxygen atoms in total. The fraction of sp³-hybridized carbons (Fsp3) is 0.500. The third-order valence-electron chi connectivity index (χ3n) is 3.87. The van der Waals surface area contributed by atoms with E-state index in [4.69, 9.17) is 16.7 Å². The predicted octanol–water partition coefficient (Wildman–Crippen LogP) is 4.26. The summed E-state index contributed by atoms with van der Waals surface area (Å²) in [6, 6.07) is 6.89. The third kappa shape index (κ3) is 3.24. The Hall–Kier alpha value is -1.16. The molecule has 0 radical (unpaired) electrons. The van der Waals surface area contributed by atoms with Crippen LogP contribution in [-0.4, -0.2) is 17.0 Å². The van der Waals surface area contributed by atoms with Crippen LogP contribution in [0.1, 0.15) is 37.7 Å². The van der Waals surface area contributed by atoms with E-state index in [2.05, 4.69) is 0 Å². The lowest BCUT2D eigenvalue weighted by molar-refractivity contribution is -0.140. The summed E-state index contributed by atoms with van der Waals surface area (Å²) in [4.78, 5) is 11.1. The second-order valence-corrected chi connectivity index (χ2v) is 5.65. The molecule has 1 aliphatic carbocycles. The Morgan fingerprint density at radius 2 is 1.89 bits per heavy atom. The number of hydrogen-bond acceptors (Lipinski definition) is 1. The van der Waals surface area contributed by atoms with Crippen molar-refractivity contribution in [2.24, 2.45) is 0 Å². The second kappa shape index (κ2) is 5.08. The molecular formula is C14H15ClF2O2. The lowest BCUT2D eigenvalue weighted by Gasteiger charge is -2.39. The van der Waals surface area contributed by atoms with E-state index in [0.717, 1.165) is 5.56 Å². The van der Waals surface area contributed by atoms with Crippen LogP contribution in [-0.2, 0) is 10.2 Å². The third-order valence-corrected chi connectivity index (χ3v) is 4.10. The molecule has 0 bridgehead atoms. The molecule has 0 saturated heterocycles. The van der Waals surface area contributed by atoms with Gasteiger partial charge in [0, 0.05) is 23.3 Å². The molecule has 1 aromatic rings. The van der Waals surface area contributed by atoms with Crippen LogP contribution >= 0.6 is 11.6 Å². The quantitative estimate of drug-likeness (QED) is 0.902. The molecule has 5 heteroatoms. The molecule has 0 spiro atoms. The Balaban J connectivity index is 2.33. The number of rotatable bonds is 3. The van der Waals surface area contributed by atoms with E-state index < -0.39 is 17.3 Å². The molecule has 0 atom stereocenters. The summed E-state index contributed by atoms with van der Waals surface area (Å²) >= 11 is 5.92. The highest BCUT2D eigenvalue weighted by Gasteiger charge is 2.45. The molecule has 1 aliphatic rings. The number of halogens is 3. The van der Waals surface area contributed by atoms with Crippen LogP contribution in [0, 0.1) is 0 Å². The topological polar surface area (TPSA) is 37.3 Å². The standard InChI is InChI=1S/C14H15ClF2O2/c15-11-3-1-2-10(8-11)13(9-12(18)19)4-6-14(16,17)7-5-13/h1-3,8H,4-7,9H2,(H,18,19). The fourth-order valence-corrected chi connectivity index (χ4v) is 2.96. The molecular weight excluding hydrogens is 274 g/mol. The number of carboxylic acids is 1. The SMILES string of the molecule is O=C(O)CC1(c2cccc(Cl)c2)CCC(F)(F)CC1. The highest BCUT2D eigenvalue weighted by atomic mass is 35.5. The Kier molecular flexibility index (Phi) is 3.81. The number of aliphatic carboxylic acids is 1. The maximum atomic E-state index is 13.3. The first kappa shape index (κ1) is 14.3. The number of alkyl halides is 2. The van der Waals surface area contributed by atoms with E-state index in [1.807, 2.05) is 0 Å². The lowest BCUT2D eigenvalue weighted by atomic mass is 9.66. The van der Waals surface area contributed by atoms with E-state index in [1.54, 1.807) is 24.3 Å². The largest absolute Gasteiger partial charge is 0.481 e. The van der Waals surface area contributed by atoms with Gasteiger partial charge in [0.05, 0.1) is 6.42 Å². The van der Waals surface area contributed by atoms with Gasteiger partial charge in [-0.1, -0.05) is 23.7 Å². The van der Waals surface area contributed by atoms with E-state index >= 15 is 0 Å². The van der Waals surface area contributed by atoms with E-state index in [1.165, 1.54) is 0 Å². The van der Waals surface area contributed by atoms with Gasteiger partial charge in [-0.3, -0.25) is 4.79 Å². The molecule has 19 heavy (non-hydrogen) atoms. The van der Waals surface area contributed by atoms with Crippen LogP contribution in [0.2, 0.25) is 5.02 Å². The summed E-state index contributed by atoms with van der Waals surface area (Å²) in [5, 5.41) is 9.57. The smallest absolute Gasteiger partial charge is 0.304 e. The zero-order valence-electron chi connectivity index (χ0n) is 10.3. The Morgan fingerprint density at radius 1 is 1.26 bits per heavy atom. The summed E-state index contributed by atoms with van der Waals surface area (Å²) in [5.41, 5.74) is 0.0243. The lowest BCUT2D eigenvalue weighted by Crippen LogP contribution is -2.38. The number of carboxylic acid groups (broad SMARTS) is 1. The molecule has 0 aliphatic heterocycles. The Bertz CT molecular complexity index is 478. The van der Waals surface area contributed by atoms with E-state index in [9.17, 15) is 13.6 Å². The maximum absolute atomic E-state index is 13.3. The maximum Gasteiger partial charge on any atom is 0.304 e. The summed E-state index contributed by atoms with van der Waals surface area (Å²) in [5.74, 6) is -3.65. The van der Waals surface area contributed by atoms with Gasteiger partial charge < -0.3 is 5.11 Å². The zero-order valence-corrected chi connectivity index (χ0v) is 11.1. The molecule has 1 N–H and O–H groups in total. The van der Waals surface area contributed by atoms with E-state index in [0.29, 0.717) is 5.02 Å². The molecule has 0 amide bonds. The molecule has 104 valence electrons. The van der Waals surface area contributed by atoms with Gasteiger partial charge in [-0.15, -0.1) is 0 Å². The molecule has 0 heterocycles. The summed E-state index contributed by atoms with van der Waals surface area (Å²) in [7, 11) is 0. The van der Waals surface area contributed by atoms with Crippen LogP contribution in [0.25, 0.3) is 0 Å². The van der Waals surface area contributed by atoms with Crippen molar-refractivity contribution in [3.05, 3.63) is 34.9 Å². The van der Waals surface area contributed by atoms with Crippen molar-refractivity contribution >= 4 is 17.6 Å². The van der Waals surface area contributed by atoms with Gasteiger partial charge >= 0.3 is 5.97 Å². The van der Waals surface area contributed by atoms with Crippen molar-refractivity contribution < 1.29 is 18.7 Å². The minimum atomic E-state index is -2.68.